The Labute approximate surface area is 137 Å². The molecule has 4 rings (SSSR count). The Morgan fingerprint density at radius 1 is 1.09 bits per heavy atom. The number of aliphatic hydroxyl groups is 3. The number of aliphatic hydroxyl groups excluding tert-OH is 1. The molecule has 0 radical (unpaired) electrons. The summed E-state index contributed by atoms with van der Waals surface area (Å²) in [5.41, 5.74) is -1.25. The molecule has 3 fully saturated rings. The van der Waals surface area contributed by atoms with E-state index < -0.39 is 17.3 Å². The van der Waals surface area contributed by atoms with E-state index >= 15 is 0 Å². The molecule has 128 valence electrons. The van der Waals surface area contributed by atoms with Gasteiger partial charge in [-0.1, -0.05) is 6.92 Å². The van der Waals surface area contributed by atoms with Gasteiger partial charge in [-0.15, -0.1) is 0 Å². The Morgan fingerprint density at radius 3 is 2.52 bits per heavy atom. The van der Waals surface area contributed by atoms with Crippen LogP contribution in [-0.2, 0) is 4.79 Å². The van der Waals surface area contributed by atoms with Crippen LogP contribution in [0.25, 0.3) is 0 Å². The number of fused-ring (bicyclic) bond motifs is 5. The second-order valence-electron chi connectivity index (χ2n) is 8.89. The van der Waals surface area contributed by atoms with Crippen LogP contribution in [0.15, 0.2) is 11.6 Å². The molecule has 0 amide bonds. The molecule has 0 saturated heterocycles. The highest BCUT2D eigenvalue weighted by Crippen LogP contribution is 2.65. The summed E-state index contributed by atoms with van der Waals surface area (Å²) in [4.78, 5) is 11.8. The van der Waals surface area contributed by atoms with Crippen LogP contribution < -0.4 is 0 Å². The van der Waals surface area contributed by atoms with Gasteiger partial charge in [-0.3, -0.25) is 4.79 Å². The first-order chi connectivity index (χ1) is 10.7. The molecule has 4 aliphatic carbocycles. The first-order valence-corrected chi connectivity index (χ1v) is 9.07. The van der Waals surface area contributed by atoms with Gasteiger partial charge in [0.15, 0.2) is 5.78 Å². The molecule has 4 nitrogen and oxygen atoms in total. The van der Waals surface area contributed by atoms with Crippen LogP contribution >= 0.6 is 0 Å². The lowest BCUT2D eigenvalue weighted by Gasteiger charge is -2.58. The Morgan fingerprint density at radius 2 is 1.78 bits per heavy atom. The SMILES string of the molecule is C[C@]1(O)CC[C@H]2[C@@H]3C[C@@H](O)C4=CC(=O)CC[C@]4(O)[C@H]3CC[C@@]21C. The van der Waals surface area contributed by atoms with E-state index in [0.29, 0.717) is 30.8 Å². The van der Waals surface area contributed by atoms with Crippen molar-refractivity contribution in [2.24, 2.45) is 23.2 Å². The highest BCUT2D eigenvalue weighted by molar-refractivity contribution is 5.92. The standard InChI is InChI=1S/C19H28O4/c1-17-6-4-14-12(13(17)5-7-18(17,2)22)10-16(21)15-9-11(20)3-8-19(14,15)23/h9,12-14,16,21-23H,3-8,10H2,1-2H3/t12-,13-,14-,16+,17-,18-,19-/m0/s1. The van der Waals surface area contributed by atoms with Crippen molar-refractivity contribution in [3.8, 4) is 0 Å². The summed E-state index contributed by atoms with van der Waals surface area (Å²) < 4.78 is 0. The second kappa shape index (κ2) is 4.68. The van der Waals surface area contributed by atoms with Crippen LogP contribution in [-0.4, -0.2) is 38.4 Å². The average Bonchev–Trinajstić information content (AvgIpc) is 2.72. The predicted octanol–water partition coefficient (Wildman–Crippen LogP) is 1.96. The first-order valence-electron chi connectivity index (χ1n) is 9.07. The van der Waals surface area contributed by atoms with E-state index in [0.717, 1.165) is 25.7 Å². The average molecular weight is 320 g/mol. The van der Waals surface area contributed by atoms with Crippen molar-refractivity contribution >= 4 is 5.78 Å². The van der Waals surface area contributed by atoms with E-state index in [2.05, 4.69) is 6.92 Å². The largest absolute Gasteiger partial charge is 0.390 e. The highest BCUT2D eigenvalue weighted by atomic mass is 16.3. The van der Waals surface area contributed by atoms with Crippen LogP contribution in [0.5, 0.6) is 0 Å². The van der Waals surface area contributed by atoms with Gasteiger partial charge in [0, 0.05) is 6.42 Å². The maximum absolute atomic E-state index is 11.8. The van der Waals surface area contributed by atoms with Crippen LogP contribution in [0.2, 0.25) is 0 Å². The summed E-state index contributed by atoms with van der Waals surface area (Å²) >= 11 is 0. The fourth-order valence-corrected chi connectivity index (χ4v) is 6.45. The van der Waals surface area contributed by atoms with Crippen molar-refractivity contribution in [1.29, 1.82) is 0 Å². The molecule has 0 aromatic carbocycles. The van der Waals surface area contributed by atoms with Gasteiger partial charge in [0.2, 0.25) is 0 Å². The zero-order chi connectivity index (χ0) is 16.6. The molecule has 0 heterocycles. The summed E-state index contributed by atoms with van der Waals surface area (Å²) in [5, 5.41) is 32.8. The number of ketones is 1. The third kappa shape index (κ3) is 1.92. The number of hydrogen-bond donors (Lipinski definition) is 3. The Balaban J connectivity index is 1.74. The Hall–Kier alpha value is -0.710. The molecule has 4 heteroatoms. The lowest BCUT2D eigenvalue weighted by molar-refractivity contribution is -0.157. The number of carbonyl (C=O) groups is 1. The van der Waals surface area contributed by atoms with Crippen molar-refractivity contribution in [3.05, 3.63) is 11.6 Å². The lowest BCUT2D eigenvalue weighted by Crippen LogP contribution is -2.60. The quantitative estimate of drug-likeness (QED) is 0.638. The third-order valence-corrected chi connectivity index (χ3v) is 8.04. The van der Waals surface area contributed by atoms with Crippen molar-refractivity contribution in [1.82, 2.24) is 0 Å². The van der Waals surface area contributed by atoms with Crippen molar-refractivity contribution < 1.29 is 20.1 Å². The molecule has 4 aliphatic rings. The molecular formula is C19H28O4. The van der Waals surface area contributed by atoms with E-state index in [-0.39, 0.29) is 23.0 Å². The zero-order valence-corrected chi connectivity index (χ0v) is 14.1. The van der Waals surface area contributed by atoms with Crippen LogP contribution in [0.1, 0.15) is 58.8 Å². The van der Waals surface area contributed by atoms with E-state index in [9.17, 15) is 20.1 Å². The summed E-state index contributed by atoms with van der Waals surface area (Å²) in [5.74, 6) is 0.700. The topological polar surface area (TPSA) is 77.8 Å². The van der Waals surface area contributed by atoms with Gasteiger partial charge in [-0.05, 0) is 80.3 Å². The molecule has 0 aromatic heterocycles. The summed E-state index contributed by atoms with van der Waals surface area (Å²) in [6.07, 6.45) is 5.74. The molecule has 23 heavy (non-hydrogen) atoms. The van der Waals surface area contributed by atoms with Gasteiger partial charge in [-0.25, -0.2) is 0 Å². The molecule has 0 spiro atoms. The van der Waals surface area contributed by atoms with Gasteiger partial charge in [0.1, 0.15) is 0 Å². The summed E-state index contributed by atoms with van der Waals surface area (Å²) in [6.45, 7) is 4.14. The van der Waals surface area contributed by atoms with Crippen molar-refractivity contribution in [2.75, 3.05) is 0 Å². The van der Waals surface area contributed by atoms with E-state index in [1.165, 1.54) is 6.08 Å². The molecular weight excluding hydrogens is 292 g/mol. The minimum absolute atomic E-state index is 0.0200. The second-order valence-corrected chi connectivity index (χ2v) is 8.89. The van der Waals surface area contributed by atoms with Gasteiger partial charge in [0.25, 0.3) is 0 Å². The lowest BCUT2D eigenvalue weighted by atomic mass is 9.49. The molecule has 0 unspecified atom stereocenters. The van der Waals surface area contributed by atoms with Crippen molar-refractivity contribution in [3.63, 3.8) is 0 Å². The van der Waals surface area contributed by atoms with Gasteiger partial charge < -0.3 is 15.3 Å². The maximum Gasteiger partial charge on any atom is 0.155 e. The van der Waals surface area contributed by atoms with Gasteiger partial charge >= 0.3 is 0 Å². The predicted molar refractivity (Wildman–Crippen MR) is 85.6 cm³/mol. The van der Waals surface area contributed by atoms with E-state index in [4.69, 9.17) is 0 Å². The molecule has 7 atom stereocenters. The summed E-state index contributed by atoms with van der Waals surface area (Å²) in [7, 11) is 0. The van der Waals surface area contributed by atoms with Gasteiger partial charge in [-0.2, -0.15) is 0 Å². The van der Waals surface area contributed by atoms with Crippen LogP contribution in [0.4, 0.5) is 0 Å². The molecule has 0 aromatic rings. The van der Waals surface area contributed by atoms with Crippen molar-refractivity contribution in [2.45, 2.75) is 76.1 Å². The van der Waals surface area contributed by atoms with E-state index in [1.54, 1.807) is 0 Å². The number of hydrogen-bond acceptors (Lipinski definition) is 4. The number of carbonyl (C=O) groups excluding carboxylic acids is 1. The Kier molecular flexibility index (Phi) is 3.21. The third-order valence-electron chi connectivity index (χ3n) is 8.04. The zero-order valence-electron chi connectivity index (χ0n) is 14.1. The minimum atomic E-state index is -1.02. The summed E-state index contributed by atoms with van der Waals surface area (Å²) in [6, 6.07) is 0. The molecule has 0 bridgehead atoms. The maximum atomic E-state index is 11.8. The normalized spacial score (nSPS) is 55.7. The van der Waals surface area contributed by atoms with Crippen LogP contribution in [0.3, 0.4) is 0 Å². The Bertz CT molecular complexity index is 580. The fourth-order valence-electron chi connectivity index (χ4n) is 6.45. The minimum Gasteiger partial charge on any atom is -0.390 e. The first kappa shape index (κ1) is 15.8. The molecule has 0 aliphatic heterocycles. The molecule has 3 N–H and O–H groups in total. The smallest absolute Gasteiger partial charge is 0.155 e. The molecule has 3 saturated carbocycles. The van der Waals surface area contributed by atoms with E-state index in [1.807, 2.05) is 6.92 Å². The highest BCUT2D eigenvalue weighted by Gasteiger charge is 2.64. The fraction of sp³-hybridized carbons (Fsp3) is 0.842. The monoisotopic (exact) mass is 320 g/mol. The van der Waals surface area contributed by atoms with Gasteiger partial charge in [0.05, 0.1) is 17.3 Å². The van der Waals surface area contributed by atoms with Crippen LogP contribution in [0, 0.1) is 23.2 Å². The number of rotatable bonds is 0.